The molecule has 1 nitrogen and oxygen atoms in total. The molecule has 0 atom stereocenters. The molecule has 0 aromatic carbocycles. The van der Waals surface area contributed by atoms with Crippen molar-refractivity contribution in [1.29, 1.82) is 0 Å². The van der Waals surface area contributed by atoms with Gasteiger partial charge in [0, 0.05) is 6.61 Å². The first kappa shape index (κ1) is 12.7. The third-order valence-electron chi connectivity index (χ3n) is 0. The molecular formula is C2H6I3OZr. The maximum atomic E-state index is 7.57. The number of hydrogen-bond acceptors (Lipinski definition) is 1. The first-order valence-electron chi connectivity index (χ1n) is 1.59. The molecule has 0 saturated carbocycles. The molecule has 7 heavy (non-hydrogen) atoms. The standard InChI is InChI=1S/C2H6O.3HI.Zr/c1-2-3;;;;/h3H,2H2,1H3;3*1H;/q;;;;+3/p-3. The summed E-state index contributed by atoms with van der Waals surface area (Å²) in [6.07, 6.45) is 0. The van der Waals surface area contributed by atoms with Crippen LogP contribution in [-0.2, 0) is 9.18 Å². The van der Waals surface area contributed by atoms with Gasteiger partial charge in [0.2, 0.25) is 0 Å². The van der Waals surface area contributed by atoms with Crippen LogP contribution in [0.4, 0.5) is 0 Å². The maximum absolute atomic E-state index is 7.57. The summed E-state index contributed by atoms with van der Waals surface area (Å²) in [5.41, 5.74) is 0. The second-order valence-corrected chi connectivity index (χ2v) is 57.4. The van der Waals surface area contributed by atoms with E-state index in [4.69, 9.17) is 5.11 Å². The van der Waals surface area contributed by atoms with Gasteiger partial charge in [-0.25, -0.2) is 0 Å². The predicted molar refractivity (Wildman–Crippen MR) is 54.8 cm³/mol. The van der Waals surface area contributed by atoms with Crippen molar-refractivity contribution in [2.45, 2.75) is 6.92 Å². The van der Waals surface area contributed by atoms with Crippen molar-refractivity contribution in [3.8, 4) is 0 Å². The van der Waals surface area contributed by atoms with E-state index in [0.29, 0.717) is 0 Å². The summed E-state index contributed by atoms with van der Waals surface area (Å²) in [6, 6.07) is 0. The van der Waals surface area contributed by atoms with Gasteiger partial charge in [-0.1, -0.05) is 0 Å². The Hall–Kier alpha value is 3.03. The fourth-order valence-corrected chi connectivity index (χ4v) is 0. The van der Waals surface area contributed by atoms with Crippen LogP contribution in [0, 0.1) is 0 Å². The van der Waals surface area contributed by atoms with Crippen molar-refractivity contribution in [3.63, 3.8) is 0 Å². The van der Waals surface area contributed by atoms with Crippen molar-refractivity contribution < 1.29 is 14.3 Å². The van der Waals surface area contributed by atoms with E-state index in [-0.39, 0.29) is 6.61 Å². The molecule has 0 aromatic heterocycles. The topological polar surface area (TPSA) is 20.2 Å². The van der Waals surface area contributed by atoms with E-state index < -0.39 is 9.18 Å². The summed E-state index contributed by atoms with van der Waals surface area (Å²) in [6.45, 7) is 1.93. The van der Waals surface area contributed by atoms with Gasteiger partial charge in [-0.15, -0.1) is 0 Å². The number of hydrogen-bond donors (Lipinski definition) is 1. The molecule has 0 radical (unpaired) electrons. The molecule has 0 aromatic rings. The molecule has 0 aliphatic heterocycles. The molecular weight excluding hydrogens is 512 g/mol. The van der Waals surface area contributed by atoms with E-state index in [1.165, 1.54) is 0 Å². The van der Waals surface area contributed by atoms with Crippen LogP contribution in [0.1, 0.15) is 6.92 Å². The van der Waals surface area contributed by atoms with Gasteiger partial charge in [0.1, 0.15) is 0 Å². The Balaban J connectivity index is 0. The molecule has 1 N–H and O–H groups in total. The molecule has 0 bridgehead atoms. The number of aliphatic hydroxyl groups is 1. The number of halogens is 3. The molecule has 45 valence electrons. The van der Waals surface area contributed by atoms with Crippen LogP contribution in [0.3, 0.4) is 0 Å². The quantitative estimate of drug-likeness (QED) is 0.490. The Morgan fingerprint density at radius 1 is 1.43 bits per heavy atom. The van der Waals surface area contributed by atoms with Crippen molar-refractivity contribution in [1.82, 2.24) is 0 Å². The first-order valence-corrected chi connectivity index (χ1v) is 23.5. The minimum absolute atomic E-state index is 0.250. The fraction of sp³-hybridized carbons (Fsp3) is 1.00. The molecule has 0 heterocycles. The summed E-state index contributed by atoms with van der Waals surface area (Å²) in [4.78, 5) is 0. The fourth-order valence-electron chi connectivity index (χ4n) is 0. The Labute approximate surface area is 79.8 Å². The minimum atomic E-state index is -0.633. The summed E-state index contributed by atoms with van der Waals surface area (Å²) in [5, 5.41) is 7.57. The SMILES string of the molecule is CCO.[I][Zr]([I])[I]. The summed E-state index contributed by atoms with van der Waals surface area (Å²) < 4.78 is 0. The van der Waals surface area contributed by atoms with Crippen LogP contribution < -0.4 is 0 Å². The summed E-state index contributed by atoms with van der Waals surface area (Å²) >= 11 is 7.54. The van der Waals surface area contributed by atoms with Gasteiger partial charge in [-0.05, 0) is 6.92 Å². The van der Waals surface area contributed by atoms with Crippen molar-refractivity contribution in [2.24, 2.45) is 0 Å². The van der Waals surface area contributed by atoms with Crippen LogP contribution in [0.15, 0.2) is 0 Å². The van der Waals surface area contributed by atoms with E-state index in [2.05, 4.69) is 54.1 Å². The van der Waals surface area contributed by atoms with E-state index in [1.54, 1.807) is 6.92 Å². The van der Waals surface area contributed by atoms with E-state index in [9.17, 15) is 0 Å². The van der Waals surface area contributed by atoms with E-state index in [0.717, 1.165) is 0 Å². The third-order valence-corrected chi connectivity index (χ3v) is 0. The molecule has 0 unspecified atom stereocenters. The second-order valence-electron chi connectivity index (χ2n) is 0.531. The summed E-state index contributed by atoms with van der Waals surface area (Å²) in [5.74, 6) is 0. The van der Waals surface area contributed by atoms with Gasteiger partial charge in [0.15, 0.2) is 0 Å². The van der Waals surface area contributed by atoms with Gasteiger partial charge in [0.05, 0.1) is 0 Å². The van der Waals surface area contributed by atoms with Gasteiger partial charge in [0.25, 0.3) is 0 Å². The first-order chi connectivity index (χ1) is 3.15. The molecule has 0 amide bonds. The Morgan fingerprint density at radius 3 is 1.43 bits per heavy atom. The summed E-state index contributed by atoms with van der Waals surface area (Å²) in [7, 11) is -0.633. The van der Waals surface area contributed by atoms with Crippen LogP contribution in [0.2, 0.25) is 0 Å². The van der Waals surface area contributed by atoms with Gasteiger partial charge in [-0.3, -0.25) is 0 Å². The Kier molecular flexibility index (Phi) is 21.4. The van der Waals surface area contributed by atoms with Crippen LogP contribution >= 0.6 is 54.1 Å². The zero-order valence-corrected chi connectivity index (χ0v) is 12.7. The Morgan fingerprint density at radius 2 is 1.43 bits per heavy atom. The second kappa shape index (κ2) is 11.8. The van der Waals surface area contributed by atoms with Gasteiger partial charge in [-0.2, -0.15) is 0 Å². The molecule has 5 heteroatoms. The normalized spacial score (nSPS) is 6.43. The Bertz CT molecular complexity index is 24.1. The zero-order valence-electron chi connectivity index (χ0n) is 3.79. The molecule has 0 aliphatic carbocycles. The van der Waals surface area contributed by atoms with E-state index in [1.807, 2.05) is 0 Å². The molecule has 0 spiro atoms. The average molecular weight is 518 g/mol. The van der Waals surface area contributed by atoms with E-state index >= 15 is 0 Å². The zero-order chi connectivity index (χ0) is 6.28. The van der Waals surface area contributed by atoms with Crippen LogP contribution in [0.25, 0.3) is 0 Å². The molecule has 0 saturated heterocycles. The van der Waals surface area contributed by atoms with Crippen molar-refractivity contribution >= 4 is 54.1 Å². The number of aliphatic hydroxyl groups excluding tert-OH is 1. The predicted octanol–water partition coefficient (Wildman–Crippen LogP) is 2.65. The molecule has 0 fully saturated rings. The van der Waals surface area contributed by atoms with Gasteiger partial charge >= 0.3 is 63.3 Å². The molecule has 0 rings (SSSR count). The monoisotopic (exact) mass is 517 g/mol. The van der Waals surface area contributed by atoms with Crippen molar-refractivity contribution in [3.05, 3.63) is 0 Å². The van der Waals surface area contributed by atoms with Crippen LogP contribution in [-0.4, -0.2) is 11.7 Å². The van der Waals surface area contributed by atoms with Crippen molar-refractivity contribution in [2.75, 3.05) is 6.61 Å². The number of rotatable bonds is 0. The third kappa shape index (κ3) is 48.6. The molecule has 0 aliphatic rings. The van der Waals surface area contributed by atoms with Gasteiger partial charge < -0.3 is 5.11 Å². The average Bonchev–Trinajstić information content (AvgIpc) is 1.33. The van der Waals surface area contributed by atoms with Crippen LogP contribution in [0.5, 0.6) is 0 Å².